The summed E-state index contributed by atoms with van der Waals surface area (Å²) in [7, 11) is 0. The van der Waals surface area contributed by atoms with Crippen LogP contribution >= 0.6 is 0 Å². The summed E-state index contributed by atoms with van der Waals surface area (Å²) in [5.41, 5.74) is 15.3. The largest absolute Gasteiger partial charge is 0.456 e. The van der Waals surface area contributed by atoms with E-state index in [2.05, 4.69) is 182 Å². The molecule has 0 spiro atoms. The summed E-state index contributed by atoms with van der Waals surface area (Å²) in [6.45, 7) is 2.35. The lowest BCUT2D eigenvalue weighted by Gasteiger charge is -2.28. The van der Waals surface area contributed by atoms with E-state index in [9.17, 15) is 0 Å². The van der Waals surface area contributed by atoms with Gasteiger partial charge in [-0.25, -0.2) is 0 Å². The molecule has 2 heterocycles. The monoisotopic (exact) mass is 679 g/mol. The van der Waals surface area contributed by atoms with E-state index in [4.69, 9.17) is 8.83 Å². The Morgan fingerprint density at radius 3 is 1.79 bits per heavy atom. The van der Waals surface area contributed by atoms with Gasteiger partial charge in [-0.1, -0.05) is 121 Å². The molecule has 2 aromatic heterocycles. The topological polar surface area (TPSA) is 29.5 Å². The second kappa shape index (κ2) is 11.3. The summed E-state index contributed by atoms with van der Waals surface area (Å²) in [5, 5.41) is 4.48. The fourth-order valence-electron chi connectivity index (χ4n) is 8.81. The Balaban J connectivity index is 1.01. The average molecular weight is 680 g/mol. The number of benzene rings is 8. The highest BCUT2D eigenvalue weighted by atomic mass is 16.3. The third-order valence-corrected chi connectivity index (χ3v) is 11.4. The van der Waals surface area contributed by atoms with Gasteiger partial charge in [0, 0.05) is 44.0 Å². The molecule has 53 heavy (non-hydrogen) atoms. The van der Waals surface area contributed by atoms with Crippen molar-refractivity contribution in [2.75, 3.05) is 4.90 Å². The summed E-state index contributed by atoms with van der Waals surface area (Å²) < 4.78 is 12.8. The summed E-state index contributed by atoms with van der Waals surface area (Å²) in [6.07, 6.45) is 0. The Bertz CT molecular complexity index is 2980. The van der Waals surface area contributed by atoms with Gasteiger partial charge in [-0.3, -0.25) is 0 Å². The second-order valence-corrected chi connectivity index (χ2v) is 14.2. The van der Waals surface area contributed by atoms with E-state index < -0.39 is 0 Å². The Hall–Kier alpha value is -6.84. The van der Waals surface area contributed by atoms with Crippen molar-refractivity contribution < 1.29 is 8.83 Å². The highest BCUT2D eigenvalue weighted by Crippen LogP contribution is 2.53. The molecule has 0 saturated carbocycles. The average Bonchev–Trinajstić information content (AvgIpc) is 3.87. The van der Waals surface area contributed by atoms with E-state index in [1.54, 1.807) is 0 Å². The minimum absolute atomic E-state index is 0.279. The summed E-state index contributed by atoms with van der Waals surface area (Å²) in [5.74, 6) is 0. The summed E-state index contributed by atoms with van der Waals surface area (Å²) in [6, 6.07) is 64.9. The molecule has 0 saturated heterocycles. The Morgan fingerprint density at radius 2 is 1.00 bits per heavy atom. The first-order valence-corrected chi connectivity index (χ1v) is 18.2. The van der Waals surface area contributed by atoms with Gasteiger partial charge in [0.25, 0.3) is 0 Å². The smallest absolute Gasteiger partial charge is 0.136 e. The first-order chi connectivity index (χ1) is 26.1. The van der Waals surface area contributed by atoms with E-state index in [0.29, 0.717) is 0 Å². The number of anilines is 3. The van der Waals surface area contributed by atoms with Gasteiger partial charge in [-0.05, 0) is 107 Å². The zero-order valence-corrected chi connectivity index (χ0v) is 29.1. The van der Waals surface area contributed by atoms with Gasteiger partial charge in [-0.2, -0.15) is 0 Å². The minimum Gasteiger partial charge on any atom is -0.456 e. The molecule has 3 heteroatoms. The molecule has 10 aromatic rings. The van der Waals surface area contributed by atoms with E-state index in [1.807, 2.05) is 12.1 Å². The lowest BCUT2D eigenvalue weighted by Crippen LogP contribution is -2.22. The predicted molar refractivity (Wildman–Crippen MR) is 219 cm³/mol. The van der Waals surface area contributed by atoms with Crippen molar-refractivity contribution in [1.29, 1.82) is 0 Å². The minimum atomic E-state index is -0.279. The lowest BCUT2D eigenvalue weighted by atomic mass is 9.74. The molecule has 0 radical (unpaired) electrons. The van der Waals surface area contributed by atoms with Gasteiger partial charge in [-0.15, -0.1) is 0 Å². The molecule has 0 fully saturated rings. The van der Waals surface area contributed by atoms with Crippen LogP contribution in [-0.4, -0.2) is 0 Å². The quantitative estimate of drug-likeness (QED) is 0.181. The van der Waals surface area contributed by atoms with E-state index in [0.717, 1.165) is 72.1 Å². The van der Waals surface area contributed by atoms with Crippen LogP contribution in [0.4, 0.5) is 17.1 Å². The molecular weight excluding hydrogens is 647 g/mol. The SMILES string of the molecule is CC1(c2ccc3c(c2)oc2cccc(-c4ccc(N(c5ccccc5)c5ccc6oc7ccccc7c6c5)cc4)c23)c2ccccc2-c2ccccc21. The Labute approximate surface area is 307 Å². The number of fused-ring (bicyclic) bond motifs is 9. The van der Waals surface area contributed by atoms with Gasteiger partial charge in [0.1, 0.15) is 22.3 Å². The van der Waals surface area contributed by atoms with Crippen molar-refractivity contribution in [3.8, 4) is 22.3 Å². The van der Waals surface area contributed by atoms with E-state index in [-0.39, 0.29) is 5.41 Å². The molecule has 0 unspecified atom stereocenters. The fraction of sp³-hybridized carbons (Fsp3) is 0.0400. The molecule has 250 valence electrons. The molecule has 0 N–H and O–H groups in total. The van der Waals surface area contributed by atoms with Gasteiger partial charge < -0.3 is 13.7 Å². The molecule has 0 bridgehead atoms. The highest BCUT2D eigenvalue weighted by Gasteiger charge is 2.40. The molecule has 1 aliphatic rings. The summed E-state index contributed by atoms with van der Waals surface area (Å²) >= 11 is 0. The number of rotatable bonds is 5. The van der Waals surface area contributed by atoms with E-state index >= 15 is 0 Å². The van der Waals surface area contributed by atoms with Crippen LogP contribution in [0.3, 0.4) is 0 Å². The van der Waals surface area contributed by atoms with Crippen molar-refractivity contribution in [3.63, 3.8) is 0 Å². The molecule has 0 amide bonds. The first kappa shape index (κ1) is 29.8. The van der Waals surface area contributed by atoms with Gasteiger partial charge >= 0.3 is 0 Å². The predicted octanol–water partition coefficient (Wildman–Crippen LogP) is 14.0. The molecule has 3 nitrogen and oxygen atoms in total. The molecule has 0 aliphatic heterocycles. The molecule has 8 aromatic carbocycles. The van der Waals surface area contributed by atoms with Crippen LogP contribution in [0.15, 0.2) is 191 Å². The van der Waals surface area contributed by atoms with Crippen molar-refractivity contribution in [1.82, 2.24) is 0 Å². The van der Waals surface area contributed by atoms with Gasteiger partial charge in [0.2, 0.25) is 0 Å². The van der Waals surface area contributed by atoms with Crippen LogP contribution in [-0.2, 0) is 5.41 Å². The normalized spacial score (nSPS) is 13.2. The van der Waals surface area contributed by atoms with E-state index in [1.165, 1.54) is 27.8 Å². The lowest BCUT2D eigenvalue weighted by molar-refractivity contribution is 0.662. The van der Waals surface area contributed by atoms with Gasteiger partial charge in [0.05, 0.1) is 0 Å². The van der Waals surface area contributed by atoms with Crippen LogP contribution in [0.1, 0.15) is 23.6 Å². The maximum Gasteiger partial charge on any atom is 0.136 e. The number of nitrogens with zero attached hydrogens (tertiary/aromatic N) is 1. The number of furan rings is 2. The maximum absolute atomic E-state index is 6.66. The van der Waals surface area contributed by atoms with Gasteiger partial charge in [0.15, 0.2) is 0 Å². The number of para-hydroxylation sites is 2. The summed E-state index contributed by atoms with van der Waals surface area (Å²) in [4.78, 5) is 2.31. The molecule has 0 atom stereocenters. The molecule has 1 aliphatic carbocycles. The Kier molecular flexibility index (Phi) is 6.38. The zero-order valence-electron chi connectivity index (χ0n) is 29.1. The number of hydrogen-bond acceptors (Lipinski definition) is 3. The number of hydrogen-bond donors (Lipinski definition) is 0. The highest BCUT2D eigenvalue weighted by molar-refractivity contribution is 6.13. The fourth-order valence-corrected chi connectivity index (χ4v) is 8.81. The van der Waals surface area contributed by atoms with Crippen molar-refractivity contribution >= 4 is 60.9 Å². The van der Waals surface area contributed by atoms with Crippen molar-refractivity contribution in [2.24, 2.45) is 0 Å². The third kappa shape index (κ3) is 4.41. The van der Waals surface area contributed by atoms with Crippen molar-refractivity contribution in [3.05, 3.63) is 199 Å². The first-order valence-electron chi connectivity index (χ1n) is 18.2. The Morgan fingerprint density at radius 1 is 0.396 bits per heavy atom. The second-order valence-electron chi connectivity index (χ2n) is 14.2. The van der Waals surface area contributed by atoms with Crippen LogP contribution in [0.25, 0.3) is 66.1 Å². The standard InChI is InChI=1S/C50H33NO2/c1-50(43-18-8-5-14-38(43)39-15-6-9-19-44(39)50)33-24-28-41-48(30-33)53-47-21-11-17-37(49(41)47)32-22-25-35(26-23-32)51(34-12-3-2-4-13-34)36-27-29-46-42(31-36)40-16-7-10-20-45(40)52-46/h2-31H,1H3. The van der Waals surface area contributed by atoms with Crippen LogP contribution in [0.2, 0.25) is 0 Å². The van der Waals surface area contributed by atoms with Crippen LogP contribution in [0, 0.1) is 0 Å². The molecule has 11 rings (SSSR count). The van der Waals surface area contributed by atoms with Crippen LogP contribution in [0.5, 0.6) is 0 Å². The maximum atomic E-state index is 6.66. The van der Waals surface area contributed by atoms with Crippen LogP contribution < -0.4 is 4.90 Å². The third-order valence-electron chi connectivity index (χ3n) is 11.4. The molecular formula is C50H33NO2. The zero-order chi connectivity index (χ0) is 35.1. The van der Waals surface area contributed by atoms with Crippen molar-refractivity contribution in [2.45, 2.75) is 12.3 Å².